The average Bonchev–Trinajstić information content (AvgIpc) is 2.79. The predicted molar refractivity (Wildman–Crippen MR) is 70.1 cm³/mol. The van der Waals surface area contributed by atoms with Gasteiger partial charge in [-0.15, -0.1) is 11.3 Å². The maximum absolute atomic E-state index is 5.49. The minimum absolute atomic E-state index is 0.440. The van der Waals surface area contributed by atoms with Gasteiger partial charge in [-0.25, -0.2) is 4.98 Å². The van der Waals surface area contributed by atoms with Crippen molar-refractivity contribution in [3.63, 3.8) is 0 Å². The molecule has 2 heterocycles. The van der Waals surface area contributed by atoms with Crippen LogP contribution in [0.1, 0.15) is 30.1 Å². The molecule has 1 aromatic rings. The number of hydrogen-bond acceptors (Lipinski definition) is 5. The summed E-state index contributed by atoms with van der Waals surface area (Å²) < 4.78 is 5.49. The summed E-state index contributed by atoms with van der Waals surface area (Å²) >= 11 is 3.71. The highest BCUT2D eigenvalue weighted by atomic mass is 32.2. The summed E-state index contributed by atoms with van der Waals surface area (Å²) in [6.45, 7) is 4.70. The monoisotopic (exact) mass is 258 g/mol. The Balaban J connectivity index is 1.85. The number of aromatic nitrogens is 1. The van der Waals surface area contributed by atoms with Crippen molar-refractivity contribution < 1.29 is 4.74 Å². The zero-order chi connectivity index (χ0) is 11.2. The topological polar surface area (TPSA) is 34.1 Å². The van der Waals surface area contributed by atoms with Gasteiger partial charge in [0.1, 0.15) is 5.01 Å². The van der Waals surface area contributed by atoms with Crippen LogP contribution in [0.15, 0.2) is 5.38 Å². The molecule has 0 radical (unpaired) electrons. The summed E-state index contributed by atoms with van der Waals surface area (Å²) in [4.78, 5) is 4.62. The lowest BCUT2D eigenvalue weighted by molar-refractivity contribution is 0.121. The maximum atomic E-state index is 5.49. The standard InChI is InChI=1S/C11H18N2OS2/c1-2-4-14-6-11-13-10(8-16-11)9-7-15-5-3-12-9/h8-9,12H,2-7H2,1H3. The summed E-state index contributed by atoms with van der Waals surface area (Å²) in [6.07, 6.45) is 1.07. The SMILES string of the molecule is CCCOCc1nc(C2CSCCN2)cs1. The van der Waals surface area contributed by atoms with E-state index >= 15 is 0 Å². The summed E-state index contributed by atoms with van der Waals surface area (Å²) in [7, 11) is 0. The van der Waals surface area contributed by atoms with E-state index in [1.807, 2.05) is 11.8 Å². The van der Waals surface area contributed by atoms with Crippen LogP contribution in [0.25, 0.3) is 0 Å². The minimum atomic E-state index is 0.440. The molecule has 0 saturated carbocycles. The fourth-order valence-corrected chi connectivity index (χ4v) is 3.35. The predicted octanol–water partition coefficient (Wildman–Crippen LogP) is 2.45. The van der Waals surface area contributed by atoms with E-state index in [0.717, 1.165) is 30.3 Å². The van der Waals surface area contributed by atoms with Gasteiger partial charge in [0, 0.05) is 30.0 Å². The van der Waals surface area contributed by atoms with E-state index in [1.54, 1.807) is 11.3 Å². The van der Waals surface area contributed by atoms with E-state index < -0.39 is 0 Å². The van der Waals surface area contributed by atoms with Crippen LogP contribution in [0, 0.1) is 0 Å². The Morgan fingerprint density at radius 3 is 3.31 bits per heavy atom. The van der Waals surface area contributed by atoms with Crippen LogP contribution < -0.4 is 5.32 Å². The Morgan fingerprint density at radius 1 is 1.62 bits per heavy atom. The average molecular weight is 258 g/mol. The number of nitrogens with zero attached hydrogens (tertiary/aromatic N) is 1. The lowest BCUT2D eigenvalue weighted by Gasteiger charge is -2.21. The summed E-state index contributed by atoms with van der Waals surface area (Å²) in [5.74, 6) is 2.35. The quantitative estimate of drug-likeness (QED) is 0.823. The zero-order valence-electron chi connectivity index (χ0n) is 9.57. The fourth-order valence-electron chi connectivity index (χ4n) is 1.61. The van der Waals surface area contributed by atoms with E-state index in [1.165, 1.54) is 11.4 Å². The normalized spacial score (nSPS) is 21.2. The van der Waals surface area contributed by atoms with Crippen molar-refractivity contribution in [2.75, 3.05) is 24.7 Å². The van der Waals surface area contributed by atoms with Gasteiger partial charge in [0.25, 0.3) is 0 Å². The first kappa shape index (κ1) is 12.4. The van der Waals surface area contributed by atoms with Crippen molar-refractivity contribution in [2.24, 2.45) is 0 Å². The van der Waals surface area contributed by atoms with Gasteiger partial charge < -0.3 is 10.1 Å². The van der Waals surface area contributed by atoms with Crippen LogP contribution in [0.5, 0.6) is 0 Å². The molecule has 1 atom stereocenters. The van der Waals surface area contributed by atoms with Crippen LogP contribution >= 0.6 is 23.1 Å². The van der Waals surface area contributed by atoms with Crippen molar-refractivity contribution >= 4 is 23.1 Å². The molecule has 1 aliphatic rings. The maximum Gasteiger partial charge on any atom is 0.119 e. The summed E-state index contributed by atoms with van der Waals surface area (Å²) in [5.41, 5.74) is 1.19. The summed E-state index contributed by atoms with van der Waals surface area (Å²) in [6, 6.07) is 0.440. The first-order valence-corrected chi connectivity index (χ1v) is 7.76. The van der Waals surface area contributed by atoms with Crippen LogP contribution in [0.2, 0.25) is 0 Å². The molecule has 1 unspecified atom stereocenters. The van der Waals surface area contributed by atoms with E-state index in [-0.39, 0.29) is 0 Å². The van der Waals surface area contributed by atoms with E-state index in [2.05, 4.69) is 22.6 Å². The first-order chi connectivity index (χ1) is 7.90. The number of thioether (sulfide) groups is 1. The number of thiazole rings is 1. The van der Waals surface area contributed by atoms with E-state index in [9.17, 15) is 0 Å². The van der Waals surface area contributed by atoms with Crippen LogP contribution in [0.4, 0.5) is 0 Å². The third-order valence-corrected chi connectivity index (χ3v) is 4.32. The smallest absolute Gasteiger partial charge is 0.119 e. The molecule has 1 N–H and O–H groups in total. The molecule has 3 nitrogen and oxygen atoms in total. The second-order valence-corrected chi connectivity index (χ2v) is 5.89. The van der Waals surface area contributed by atoms with Gasteiger partial charge in [-0.05, 0) is 6.42 Å². The van der Waals surface area contributed by atoms with Gasteiger partial charge in [-0.1, -0.05) is 6.92 Å². The molecule has 1 saturated heterocycles. The molecular formula is C11H18N2OS2. The molecule has 0 aliphatic carbocycles. The molecule has 0 bridgehead atoms. The zero-order valence-corrected chi connectivity index (χ0v) is 11.2. The Bertz CT molecular complexity index is 311. The van der Waals surface area contributed by atoms with Crippen LogP contribution in [-0.4, -0.2) is 29.6 Å². The van der Waals surface area contributed by atoms with Gasteiger partial charge in [0.05, 0.1) is 18.3 Å². The molecule has 5 heteroatoms. The Morgan fingerprint density at radius 2 is 2.56 bits per heavy atom. The van der Waals surface area contributed by atoms with Gasteiger partial charge in [-0.3, -0.25) is 0 Å². The third-order valence-electron chi connectivity index (χ3n) is 2.42. The largest absolute Gasteiger partial charge is 0.374 e. The van der Waals surface area contributed by atoms with Crippen molar-refractivity contribution in [3.05, 3.63) is 16.1 Å². The molecule has 1 aliphatic heterocycles. The molecule has 2 rings (SSSR count). The molecular weight excluding hydrogens is 240 g/mol. The van der Waals surface area contributed by atoms with Crippen LogP contribution in [-0.2, 0) is 11.3 Å². The third kappa shape index (κ3) is 3.45. The molecule has 90 valence electrons. The molecule has 0 amide bonds. The van der Waals surface area contributed by atoms with Gasteiger partial charge in [-0.2, -0.15) is 11.8 Å². The van der Waals surface area contributed by atoms with Crippen molar-refractivity contribution in [2.45, 2.75) is 26.0 Å². The second kappa shape index (κ2) is 6.59. The van der Waals surface area contributed by atoms with Crippen molar-refractivity contribution in [1.29, 1.82) is 0 Å². The Kier molecular flexibility index (Phi) is 5.09. The molecule has 1 aromatic heterocycles. The number of hydrogen-bond donors (Lipinski definition) is 1. The molecule has 1 fully saturated rings. The fraction of sp³-hybridized carbons (Fsp3) is 0.727. The number of nitrogens with one attached hydrogen (secondary N) is 1. The second-order valence-electron chi connectivity index (χ2n) is 3.80. The van der Waals surface area contributed by atoms with Gasteiger partial charge in [0.15, 0.2) is 0 Å². The Labute approximate surface area is 105 Å². The molecule has 16 heavy (non-hydrogen) atoms. The highest BCUT2D eigenvalue weighted by molar-refractivity contribution is 7.99. The van der Waals surface area contributed by atoms with E-state index in [4.69, 9.17) is 4.74 Å². The van der Waals surface area contributed by atoms with E-state index in [0.29, 0.717) is 12.6 Å². The minimum Gasteiger partial charge on any atom is -0.374 e. The summed E-state index contributed by atoms with van der Waals surface area (Å²) in [5, 5.41) is 6.76. The van der Waals surface area contributed by atoms with Gasteiger partial charge >= 0.3 is 0 Å². The first-order valence-electron chi connectivity index (χ1n) is 5.73. The molecule has 0 aromatic carbocycles. The number of ether oxygens (including phenoxy) is 1. The Hall–Kier alpha value is -0.100. The van der Waals surface area contributed by atoms with Crippen molar-refractivity contribution in [3.8, 4) is 0 Å². The molecule has 0 spiro atoms. The highest BCUT2D eigenvalue weighted by Crippen LogP contribution is 2.23. The van der Waals surface area contributed by atoms with Crippen LogP contribution in [0.3, 0.4) is 0 Å². The van der Waals surface area contributed by atoms with Crippen molar-refractivity contribution in [1.82, 2.24) is 10.3 Å². The number of rotatable bonds is 5. The highest BCUT2D eigenvalue weighted by Gasteiger charge is 2.17. The van der Waals surface area contributed by atoms with Gasteiger partial charge in [0.2, 0.25) is 0 Å². The lowest BCUT2D eigenvalue weighted by atomic mass is 10.2. The lowest BCUT2D eigenvalue weighted by Crippen LogP contribution is -2.30.